The fourth-order valence-electron chi connectivity index (χ4n) is 1.95. The van der Waals surface area contributed by atoms with Crippen molar-refractivity contribution in [3.05, 3.63) is 59.4 Å². The van der Waals surface area contributed by atoms with Gasteiger partial charge in [0.25, 0.3) is 0 Å². The Morgan fingerprint density at radius 2 is 1.65 bits per heavy atom. The maximum Gasteiger partial charge on any atom is 0.196 e. The van der Waals surface area contributed by atoms with Gasteiger partial charge in [-0.3, -0.25) is 0 Å². The van der Waals surface area contributed by atoms with Crippen LogP contribution in [-0.2, 0) is 0 Å². The van der Waals surface area contributed by atoms with Crippen LogP contribution >= 0.6 is 0 Å². The zero-order valence-corrected chi connectivity index (χ0v) is 10.8. The molecule has 0 aromatic heterocycles. The molecule has 2 aromatic carbocycles. The van der Waals surface area contributed by atoms with Gasteiger partial charge in [-0.2, -0.15) is 0 Å². The first kappa shape index (κ1) is 14.2. The second kappa shape index (κ2) is 5.86. The molecule has 0 aliphatic carbocycles. The Hall–Kier alpha value is -2.17. The molecule has 20 heavy (non-hydrogen) atoms. The Kier molecular flexibility index (Phi) is 4.17. The molecule has 1 atom stereocenters. The van der Waals surface area contributed by atoms with E-state index < -0.39 is 17.5 Å². The van der Waals surface area contributed by atoms with Gasteiger partial charge >= 0.3 is 0 Å². The number of benzene rings is 2. The van der Waals surface area contributed by atoms with E-state index in [4.69, 9.17) is 0 Å². The topological polar surface area (TPSA) is 32.3 Å². The van der Waals surface area contributed by atoms with Crippen LogP contribution in [0.4, 0.5) is 18.9 Å². The Bertz CT molecular complexity index is 599. The van der Waals surface area contributed by atoms with Crippen LogP contribution in [0.15, 0.2) is 36.4 Å². The van der Waals surface area contributed by atoms with Crippen molar-refractivity contribution in [2.45, 2.75) is 19.4 Å². The number of nitrogens with one attached hydrogen (secondary N) is 1. The van der Waals surface area contributed by atoms with Gasteiger partial charge in [0.2, 0.25) is 0 Å². The average Bonchev–Trinajstić information content (AvgIpc) is 2.45. The van der Waals surface area contributed by atoms with Crippen LogP contribution in [0.2, 0.25) is 0 Å². The molecule has 106 valence electrons. The van der Waals surface area contributed by atoms with Gasteiger partial charge in [-0.1, -0.05) is 19.1 Å². The minimum atomic E-state index is -1.49. The fraction of sp³-hybridized carbons (Fsp3) is 0.200. The van der Waals surface area contributed by atoms with Gasteiger partial charge in [-0.15, -0.1) is 0 Å². The summed E-state index contributed by atoms with van der Waals surface area (Å²) in [6, 6.07) is 8.18. The molecule has 1 unspecified atom stereocenters. The van der Waals surface area contributed by atoms with Crippen LogP contribution in [0.1, 0.15) is 24.9 Å². The molecular formula is C15H14F3NO. The summed E-state index contributed by atoms with van der Waals surface area (Å²) in [7, 11) is 0. The molecular weight excluding hydrogens is 267 g/mol. The van der Waals surface area contributed by atoms with Crippen LogP contribution < -0.4 is 5.32 Å². The average molecular weight is 281 g/mol. The number of rotatable bonds is 4. The summed E-state index contributed by atoms with van der Waals surface area (Å²) in [5.74, 6) is -3.81. The highest BCUT2D eigenvalue weighted by atomic mass is 19.2. The molecule has 0 aliphatic rings. The quantitative estimate of drug-likeness (QED) is 0.815. The molecule has 0 spiro atoms. The minimum Gasteiger partial charge on any atom is -0.508 e. The summed E-state index contributed by atoms with van der Waals surface area (Å²) in [6.07, 6.45) is 0.614. The molecule has 0 saturated carbocycles. The van der Waals surface area contributed by atoms with E-state index in [2.05, 4.69) is 5.32 Å². The van der Waals surface area contributed by atoms with Crippen LogP contribution in [0.3, 0.4) is 0 Å². The number of hydrogen-bond acceptors (Lipinski definition) is 2. The SMILES string of the molecule is CCC(Nc1ccc(F)c(F)c1F)c1ccc(O)cc1. The number of hydrogen-bond donors (Lipinski definition) is 2. The second-order valence-electron chi connectivity index (χ2n) is 4.42. The van der Waals surface area contributed by atoms with Gasteiger partial charge < -0.3 is 10.4 Å². The van der Waals surface area contributed by atoms with E-state index in [9.17, 15) is 18.3 Å². The van der Waals surface area contributed by atoms with Crippen molar-refractivity contribution in [3.63, 3.8) is 0 Å². The Morgan fingerprint density at radius 1 is 1.00 bits per heavy atom. The number of phenolic OH excluding ortho intramolecular Hbond substituents is 1. The van der Waals surface area contributed by atoms with Crippen molar-refractivity contribution in [1.29, 1.82) is 0 Å². The summed E-state index contributed by atoms with van der Waals surface area (Å²) in [4.78, 5) is 0. The first-order chi connectivity index (χ1) is 9.52. The molecule has 2 N–H and O–H groups in total. The minimum absolute atomic E-state index is 0.0937. The van der Waals surface area contributed by atoms with Crippen molar-refractivity contribution in [2.24, 2.45) is 0 Å². The molecule has 0 heterocycles. The second-order valence-corrected chi connectivity index (χ2v) is 4.42. The Labute approximate surface area is 114 Å². The number of halogens is 3. The maximum atomic E-state index is 13.6. The van der Waals surface area contributed by atoms with Crippen molar-refractivity contribution in [3.8, 4) is 5.75 Å². The lowest BCUT2D eigenvalue weighted by Crippen LogP contribution is -2.11. The van der Waals surface area contributed by atoms with Gasteiger partial charge in [0.1, 0.15) is 5.75 Å². The highest BCUT2D eigenvalue weighted by molar-refractivity contribution is 5.47. The number of anilines is 1. The number of phenols is 1. The largest absolute Gasteiger partial charge is 0.508 e. The molecule has 0 radical (unpaired) electrons. The standard InChI is InChI=1S/C15H14F3NO/c1-2-12(9-3-5-10(20)6-4-9)19-13-8-7-11(16)14(17)15(13)18/h3-8,12,19-20H,2H2,1H3. The summed E-state index contributed by atoms with van der Waals surface area (Å²) < 4.78 is 39.7. The lowest BCUT2D eigenvalue weighted by atomic mass is 10.0. The van der Waals surface area contributed by atoms with E-state index in [1.54, 1.807) is 12.1 Å². The van der Waals surface area contributed by atoms with Crippen LogP contribution in [0.5, 0.6) is 5.75 Å². The van der Waals surface area contributed by atoms with Crippen molar-refractivity contribution < 1.29 is 18.3 Å². The molecule has 0 saturated heterocycles. The van der Waals surface area contributed by atoms with E-state index in [0.717, 1.165) is 17.7 Å². The number of aromatic hydroxyl groups is 1. The Morgan fingerprint density at radius 3 is 2.25 bits per heavy atom. The molecule has 2 aromatic rings. The zero-order valence-electron chi connectivity index (χ0n) is 10.8. The third-order valence-corrected chi connectivity index (χ3v) is 3.07. The Balaban J connectivity index is 2.27. The summed E-state index contributed by atoms with van der Waals surface area (Å²) in [5.41, 5.74) is 0.721. The molecule has 2 rings (SSSR count). The lowest BCUT2D eigenvalue weighted by molar-refractivity contribution is 0.448. The monoisotopic (exact) mass is 281 g/mol. The van der Waals surface area contributed by atoms with E-state index >= 15 is 0 Å². The van der Waals surface area contributed by atoms with Gasteiger partial charge in [0.05, 0.1) is 11.7 Å². The normalized spacial score (nSPS) is 12.2. The summed E-state index contributed by atoms with van der Waals surface area (Å²) in [5, 5.41) is 12.1. The van der Waals surface area contributed by atoms with E-state index in [1.807, 2.05) is 6.92 Å². The third kappa shape index (κ3) is 2.87. The third-order valence-electron chi connectivity index (χ3n) is 3.07. The summed E-state index contributed by atoms with van der Waals surface area (Å²) >= 11 is 0. The first-order valence-electron chi connectivity index (χ1n) is 6.22. The predicted molar refractivity (Wildman–Crippen MR) is 71.1 cm³/mol. The molecule has 0 bridgehead atoms. The van der Waals surface area contributed by atoms with Crippen molar-refractivity contribution >= 4 is 5.69 Å². The summed E-state index contributed by atoms with van der Waals surface area (Å²) in [6.45, 7) is 1.88. The highest BCUT2D eigenvalue weighted by Gasteiger charge is 2.16. The van der Waals surface area contributed by atoms with E-state index in [-0.39, 0.29) is 17.5 Å². The zero-order chi connectivity index (χ0) is 14.7. The molecule has 5 heteroatoms. The molecule has 0 fully saturated rings. The fourth-order valence-corrected chi connectivity index (χ4v) is 1.95. The molecule has 0 aliphatic heterocycles. The van der Waals surface area contributed by atoms with Crippen molar-refractivity contribution in [2.75, 3.05) is 5.32 Å². The molecule has 2 nitrogen and oxygen atoms in total. The van der Waals surface area contributed by atoms with E-state index in [0.29, 0.717) is 6.42 Å². The van der Waals surface area contributed by atoms with Crippen LogP contribution in [-0.4, -0.2) is 5.11 Å². The smallest absolute Gasteiger partial charge is 0.196 e. The van der Waals surface area contributed by atoms with Crippen molar-refractivity contribution in [1.82, 2.24) is 0 Å². The van der Waals surface area contributed by atoms with Crippen LogP contribution in [0, 0.1) is 17.5 Å². The van der Waals surface area contributed by atoms with Gasteiger partial charge in [-0.05, 0) is 36.2 Å². The molecule has 0 amide bonds. The lowest BCUT2D eigenvalue weighted by Gasteiger charge is -2.19. The maximum absolute atomic E-state index is 13.6. The van der Waals surface area contributed by atoms with Gasteiger partial charge in [0.15, 0.2) is 17.5 Å². The highest BCUT2D eigenvalue weighted by Crippen LogP contribution is 2.27. The first-order valence-corrected chi connectivity index (χ1v) is 6.22. The van der Waals surface area contributed by atoms with E-state index in [1.165, 1.54) is 12.1 Å². The van der Waals surface area contributed by atoms with Crippen LogP contribution in [0.25, 0.3) is 0 Å². The van der Waals surface area contributed by atoms with Gasteiger partial charge in [0, 0.05) is 0 Å². The van der Waals surface area contributed by atoms with Gasteiger partial charge in [-0.25, -0.2) is 13.2 Å². The predicted octanol–water partition coefficient (Wildman–Crippen LogP) is 4.37.